The molecule has 0 heterocycles. The first-order valence-electron chi connectivity index (χ1n) is 8.87. The van der Waals surface area contributed by atoms with E-state index < -0.39 is 16.1 Å². The molecule has 3 aromatic carbocycles. The molecule has 0 saturated heterocycles. The van der Waals surface area contributed by atoms with Crippen LogP contribution in [0, 0.1) is 6.92 Å². The first kappa shape index (κ1) is 19.8. The van der Waals surface area contributed by atoms with Gasteiger partial charge in [-0.3, -0.25) is 4.79 Å². The van der Waals surface area contributed by atoms with Crippen molar-refractivity contribution in [2.45, 2.75) is 24.8 Å². The number of benzene rings is 3. The topological polar surface area (TPSA) is 75.3 Å². The van der Waals surface area contributed by atoms with Crippen LogP contribution in [0.1, 0.15) is 29.7 Å². The van der Waals surface area contributed by atoms with Gasteiger partial charge in [-0.1, -0.05) is 54.6 Å². The third kappa shape index (κ3) is 4.65. The van der Waals surface area contributed by atoms with Crippen LogP contribution in [0.2, 0.25) is 0 Å². The van der Waals surface area contributed by atoms with Crippen molar-refractivity contribution in [1.29, 1.82) is 0 Å². The number of hydrogen-bond acceptors (Lipinski definition) is 3. The number of aryl methyl sites for hydroxylation is 1. The predicted molar refractivity (Wildman–Crippen MR) is 111 cm³/mol. The summed E-state index contributed by atoms with van der Waals surface area (Å²) in [5.74, 6) is -0.211. The Morgan fingerprint density at radius 2 is 1.46 bits per heavy atom. The highest BCUT2D eigenvalue weighted by Crippen LogP contribution is 2.27. The highest BCUT2D eigenvalue weighted by molar-refractivity contribution is 7.89. The van der Waals surface area contributed by atoms with Crippen LogP contribution in [-0.2, 0) is 14.8 Å². The van der Waals surface area contributed by atoms with Gasteiger partial charge in [0.15, 0.2) is 0 Å². The van der Waals surface area contributed by atoms with E-state index in [0.717, 1.165) is 16.7 Å². The van der Waals surface area contributed by atoms with Crippen LogP contribution in [-0.4, -0.2) is 14.3 Å². The SMILES string of the molecule is CC(=O)Nc1ccc(S(=O)(=O)N[C@@H](c2ccccc2)c2ccccc2C)cc1. The normalized spacial score (nSPS) is 12.4. The summed E-state index contributed by atoms with van der Waals surface area (Å²) in [6.45, 7) is 3.36. The molecular formula is C22H22N2O3S. The Morgan fingerprint density at radius 1 is 0.857 bits per heavy atom. The van der Waals surface area contributed by atoms with Gasteiger partial charge in [0.2, 0.25) is 15.9 Å². The molecule has 0 aliphatic heterocycles. The molecule has 0 spiro atoms. The van der Waals surface area contributed by atoms with Gasteiger partial charge in [-0.05, 0) is 47.9 Å². The lowest BCUT2D eigenvalue weighted by atomic mass is 9.96. The average molecular weight is 394 g/mol. The molecule has 3 rings (SSSR count). The maximum atomic E-state index is 13.0. The van der Waals surface area contributed by atoms with Crippen LogP contribution in [0.3, 0.4) is 0 Å². The Balaban J connectivity index is 1.96. The van der Waals surface area contributed by atoms with Gasteiger partial charge in [-0.25, -0.2) is 8.42 Å². The molecule has 0 saturated carbocycles. The van der Waals surface area contributed by atoms with Crippen LogP contribution < -0.4 is 10.0 Å². The van der Waals surface area contributed by atoms with Gasteiger partial charge >= 0.3 is 0 Å². The van der Waals surface area contributed by atoms with Crippen molar-refractivity contribution in [3.05, 3.63) is 95.6 Å². The van der Waals surface area contributed by atoms with Gasteiger partial charge in [0.05, 0.1) is 10.9 Å². The Bertz CT molecular complexity index is 1060. The summed E-state index contributed by atoms with van der Waals surface area (Å²) in [4.78, 5) is 11.3. The molecule has 144 valence electrons. The van der Waals surface area contributed by atoms with E-state index in [4.69, 9.17) is 0 Å². The smallest absolute Gasteiger partial charge is 0.241 e. The summed E-state index contributed by atoms with van der Waals surface area (Å²) < 4.78 is 28.9. The summed E-state index contributed by atoms with van der Waals surface area (Å²) in [5, 5.41) is 2.63. The van der Waals surface area contributed by atoms with E-state index in [9.17, 15) is 13.2 Å². The van der Waals surface area contributed by atoms with Crippen molar-refractivity contribution in [3.8, 4) is 0 Å². The Morgan fingerprint density at radius 3 is 2.07 bits per heavy atom. The van der Waals surface area contributed by atoms with Crippen molar-refractivity contribution >= 4 is 21.6 Å². The molecule has 3 aromatic rings. The second kappa shape index (κ2) is 8.37. The van der Waals surface area contributed by atoms with Crippen LogP contribution in [0.5, 0.6) is 0 Å². The molecule has 0 radical (unpaired) electrons. The first-order valence-corrected chi connectivity index (χ1v) is 10.4. The van der Waals surface area contributed by atoms with Crippen molar-refractivity contribution in [2.24, 2.45) is 0 Å². The minimum atomic E-state index is -3.78. The standard InChI is InChI=1S/C22H22N2O3S/c1-16-8-6-7-11-21(16)22(18-9-4-3-5-10-18)24-28(26,27)20-14-12-19(13-15-20)23-17(2)25/h3-15,22,24H,1-2H3,(H,23,25)/t22-/m0/s1. The van der Waals surface area contributed by atoms with E-state index in [2.05, 4.69) is 10.0 Å². The lowest BCUT2D eigenvalue weighted by Gasteiger charge is -2.21. The third-order valence-corrected chi connectivity index (χ3v) is 5.83. The van der Waals surface area contributed by atoms with Crippen LogP contribution >= 0.6 is 0 Å². The fourth-order valence-corrected chi connectivity index (χ4v) is 4.21. The van der Waals surface area contributed by atoms with Crippen LogP contribution in [0.15, 0.2) is 83.8 Å². The fraction of sp³-hybridized carbons (Fsp3) is 0.136. The zero-order valence-corrected chi connectivity index (χ0v) is 16.5. The van der Waals surface area contributed by atoms with E-state index in [1.165, 1.54) is 19.1 Å². The van der Waals surface area contributed by atoms with Gasteiger partial charge in [0.1, 0.15) is 0 Å². The number of carbonyl (C=O) groups is 1. The van der Waals surface area contributed by atoms with Crippen LogP contribution in [0.25, 0.3) is 0 Å². The maximum absolute atomic E-state index is 13.0. The van der Waals surface area contributed by atoms with Crippen LogP contribution in [0.4, 0.5) is 5.69 Å². The summed E-state index contributed by atoms with van der Waals surface area (Å²) in [6.07, 6.45) is 0. The lowest BCUT2D eigenvalue weighted by Crippen LogP contribution is -2.30. The molecule has 1 amide bonds. The molecule has 0 bridgehead atoms. The number of anilines is 1. The Labute approximate surface area is 165 Å². The highest BCUT2D eigenvalue weighted by Gasteiger charge is 2.24. The van der Waals surface area contributed by atoms with E-state index in [1.54, 1.807) is 12.1 Å². The third-order valence-electron chi connectivity index (χ3n) is 4.39. The zero-order valence-electron chi connectivity index (χ0n) is 15.7. The number of amides is 1. The molecule has 0 unspecified atom stereocenters. The van der Waals surface area contributed by atoms with Crippen molar-refractivity contribution in [1.82, 2.24) is 4.72 Å². The monoisotopic (exact) mass is 394 g/mol. The maximum Gasteiger partial charge on any atom is 0.241 e. The van der Waals surface area contributed by atoms with E-state index in [-0.39, 0.29) is 10.8 Å². The number of hydrogen-bond donors (Lipinski definition) is 2. The van der Waals surface area contributed by atoms with Crippen molar-refractivity contribution in [2.75, 3.05) is 5.32 Å². The fourth-order valence-electron chi connectivity index (χ4n) is 3.01. The van der Waals surface area contributed by atoms with Gasteiger partial charge in [0, 0.05) is 12.6 Å². The van der Waals surface area contributed by atoms with E-state index >= 15 is 0 Å². The van der Waals surface area contributed by atoms with Gasteiger partial charge < -0.3 is 5.32 Å². The molecule has 0 aliphatic carbocycles. The number of nitrogens with one attached hydrogen (secondary N) is 2. The molecule has 0 aliphatic rings. The lowest BCUT2D eigenvalue weighted by molar-refractivity contribution is -0.114. The molecule has 0 fully saturated rings. The second-order valence-electron chi connectivity index (χ2n) is 6.53. The summed E-state index contributed by atoms with van der Waals surface area (Å²) in [7, 11) is -3.78. The Hall–Kier alpha value is -2.96. The quantitative estimate of drug-likeness (QED) is 0.663. The molecule has 1 atom stereocenters. The summed E-state index contributed by atoms with van der Waals surface area (Å²) >= 11 is 0. The van der Waals surface area contributed by atoms with Crippen molar-refractivity contribution < 1.29 is 13.2 Å². The summed E-state index contributed by atoms with van der Waals surface area (Å²) in [5.41, 5.74) is 3.30. The molecule has 0 aromatic heterocycles. The first-order chi connectivity index (χ1) is 13.4. The minimum absolute atomic E-state index is 0.135. The molecule has 6 heteroatoms. The largest absolute Gasteiger partial charge is 0.326 e. The minimum Gasteiger partial charge on any atom is -0.326 e. The van der Waals surface area contributed by atoms with Crippen molar-refractivity contribution in [3.63, 3.8) is 0 Å². The van der Waals surface area contributed by atoms with E-state index in [0.29, 0.717) is 5.69 Å². The molecular weight excluding hydrogens is 372 g/mol. The number of rotatable bonds is 6. The molecule has 5 nitrogen and oxygen atoms in total. The van der Waals surface area contributed by atoms with Gasteiger partial charge in [-0.2, -0.15) is 4.72 Å². The zero-order chi connectivity index (χ0) is 20.1. The summed E-state index contributed by atoms with van der Waals surface area (Å²) in [6, 6.07) is 22.8. The van der Waals surface area contributed by atoms with Gasteiger partial charge in [-0.15, -0.1) is 0 Å². The van der Waals surface area contributed by atoms with E-state index in [1.807, 2.05) is 61.5 Å². The number of carbonyl (C=O) groups excluding carboxylic acids is 1. The van der Waals surface area contributed by atoms with Gasteiger partial charge in [0.25, 0.3) is 0 Å². The highest BCUT2D eigenvalue weighted by atomic mass is 32.2. The average Bonchev–Trinajstić information content (AvgIpc) is 2.67. The number of sulfonamides is 1. The second-order valence-corrected chi connectivity index (χ2v) is 8.24. The molecule has 28 heavy (non-hydrogen) atoms. The molecule has 2 N–H and O–H groups in total. The Kier molecular flexibility index (Phi) is 5.92. The predicted octanol–water partition coefficient (Wildman–Crippen LogP) is 4.02.